The topological polar surface area (TPSA) is 73.9 Å². The van der Waals surface area contributed by atoms with Crippen LogP contribution in [0, 0.1) is 0 Å². The Hall–Kier alpha value is -1.31. The second-order valence-corrected chi connectivity index (χ2v) is 5.71. The molecule has 7 heteroatoms. The predicted octanol–water partition coefficient (Wildman–Crippen LogP) is 1.02. The van der Waals surface area contributed by atoms with Gasteiger partial charge in [-0.25, -0.2) is 13.1 Å². The smallest absolute Gasteiger partial charge is 0.241 e. The molecule has 1 N–H and O–H groups in total. The van der Waals surface area contributed by atoms with E-state index < -0.39 is 10.0 Å². The van der Waals surface area contributed by atoms with Crippen LogP contribution in [-0.4, -0.2) is 42.4 Å². The van der Waals surface area contributed by atoms with Crippen molar-refractivity contribution in [3.8, 4) is 11.5 Å². The number of nitrogens with one attached hydrogen (secondary N) is 1. The van der Waals surface area contributed by atoms with Crippen molar-refractivity contribution in [1.82, 2.24) is 4.72 Å². The third kappa shape index (κ3) is 4.09. The van der Waals surface area contributed by atoms with Crippen LogP contribution in [0.4, 0.5) is 0 Å². The van der Waals surface area contributed by atoms with E-state index in [1.165, 1.54) is 33.5 Å². The van der Waals surface area contributed by atoms with E-state index in [0.29, 0.717) is 18.1 Å². The number of methoxy groups -OCH3 is 3. The van der Waals surface area contributed by atoms with Crippen molar-refractivity contribution in [2.75, 3.05) is 27.9 Å². The van der Waals surface area contributed by atoms with Crippen LogP contribution in [-0.2, 0) is 14.8 Å². The molecule has 1 rings (SSSR count). The van der Waals surface area contributed by atoms with Crippen molar-refractivity contribution >= 4 is 10.0 Å². The van der Waals surface area contributed by atoms with Crippen molar-refractivity contribution < 1.29 is 22.6 Å². The van der Waals surface area contributed by atoms with Gasteiger partial charge in [-0.2, -0.15) is 0 Å². The molecule has 108 valence electrons. The lowest BCUT2D eigenvalue weighted by Crippen LogP contribution is -2.35. The Kier molecular flexibility index (Phi) is 5.59. The average Bonchev–Trinajstić information content (AvgIpc) is 2.37. The Morgan fingerprint density at radius 3 is 2.32 bits per heavy atom. The Labute approximate surface area is 113 Å². The lowest BCUT2D eigenvalue weighted by Gasteiger charge is -2.14. The maximum atomic E-state index is 12.1. The second-order valence-electron chi connectivity index (χ2n) is 3.99. The standard InChI is InChI=1S/C12H19NO5S/c1-9(8-16-2)13-19(14,15)10-5-6-11(17-3)12(7-10)18-4/h5-7,9,13H,8H2,1-4H3. The Balaban J connectivity index is 3.01. The highest BCUT2D eigenvalue weighted by atomic mass is 32.2. The molecule has 1 unspecified atom stereocenters. The fraction of sp³-hybridized carbons (Fsp3) is 0.500. The lowest BCUT2D eigenvalue weighted by molar-refractivity contribution is 0.180. The van der Waals surface area contributed by atoms with E-state index in [0.717, 1.165) is 0 Å². The van der Waals surface area contributed by atoms with Gasteiger partial charge in [0.15, 0.2) is 11.5 Å². The quantitative estimate of drug-likeness (QED) is 0.811. The maximum Gasteiger partial charge on any atom is 0.241 e. The molecule has 0 saturated carbocycles. The summed E-state index contributed by atoms with van der Waals surface area (Å²) >= 11 is 0. The van der Waals surface area contributed by atoms with E-state index in [-0.39, 0.29) is 10.9 Å². The number of rotatable bonds is 7. The molecule has 0 radical (unpaired) electrons. The SMILES string of the molecule is COCC(C)NS(=O)(=O)c1ccc(OC)c(OC)c1. The first-order valence-electron chi connectivity index (χ1n) is 5.68. The summed E-state index contributed by atoms with van der Waals surface area (Å²) in [6, 6.07) is 4.11. The van der Waals surface area contributed by atoms with Crippen LogP contribution in [0.3, 0.4) is 0 Å². The third-order valence-electron chi connectivity index (χ3n) is 2.44. The molecule has 0 amide bonds. The minimum atomic E-state index is -3.60. The molecule has 19 heavy (non-hydrogen) atoms. The van der Waals surface area contributed by atoms with Gasteiger partial charge >= 0.3 is 0 Å². The van der Waals surface area contributed by atoms with E-state index >= 15 is 0 Å². The first-order chi connectivity index (χ1) is 8.94. The molecule has 0 spiro atoms. The van der Waals surface area contributed by atoms with Crippen molar-refractivity contribution in [2.45, 2.75) is 17.9 Å². The zero-order valence-corrected chi connectivity index (χ0v) is 12.3. The molecule has 1 atom stereocenters. The van der Waals surface area contributed by atoms with Crippen LogP contribution in [0.25, 0.3) is 0 Å². The van der Waals surface area contributed by atoms with E-state index in [4.69, 9.17) is 14.2 Å². The molecule has 0 aliphatic heterocycles. The van der Waals surface area contributed by atoms with E-state index in [1.54, 1.807) is 13.0 Å². The number of hydrogen-bond acceptors (Lipinski definition) is 5. The van der Waals surface area contributed by atoms with Crippen molar-refractivity contribution in [1.29, 1.82) is 0 Å². The zero-order valence-electron chi connectivity index (χ0n) is 11.5. The highest BCUT2D eigenvalue weighted by molar-refractivity contribution is 7.89. The minimum absolute atomic E-state index is 0.119. The molecule has 0 fully saturated rings. The van der Waals surface area contributed by atoms with Gasteiger partial charge in [0, 0.05) is 19.2 Å². The molecule has 6 nitrogen and oxygen atoms in total. The number of benzene rings is 1. The van der Waals surface area contributed by atoms with Gasteiger partial charge in [0.2, 0.25) is 10.0 Å². The number of hydrogen-bond donors (Lipinski definition) is 1. The van der Waals surface area contributed by atoms with Crippen molar-refractivity contribution in [3.63, 3.8) is 0 Å². The van der Waals surface area contributed by atoms with E-state index in [9.17, 15) is 8.42 Å². The molecular formula is C12H19NO5S. The van der Waals surface area contributed by atoms with Gasteiger partial charge in [0.05, 0.1) is 25.7 Å². The maximum absolute atomic E-state index is 12.1. The van der Waals surface area contributed by atoms with E-state index in [2.05, 4.69) is 4.72 Å². The predicted molar refractivity (Wildman–Crippen MR) is 71.2 cm³/mol. The molecule has 0 bridgehead atoms. The summed E-state index contributed by atoms with van der Waals surface area (Å²) in [5.74, 6) is 0.844. The highest BCUT2D eigenvalue weighted by Crippen LogP contribution is 2.29. The first-order valence-corrected chi connectivity index (χ1v) is 7.16. The van der Waals surface area contributed by atoms with Gasteiger partial charge in [-0.15, -0.1) is 0 Å². The van der Waals surface area contributed by atoms with Crippen LogP contribution in [0.5, 0.6) is 11.5 Å². The van der Waals surface area contributed by atoms with E-state index in [1.807, 2.05) is 0 Å². The molecule has 0 saturated heterocycles. The van der Waals surface area contributed by atoms with Gasteiger partial charge in [0.25, 0.3) is 0 Å². The molecule has 0 heterocycles. The van der Waals surface area contributed by atoms with Crippen LogP contribution in [0.1, 0.15) is 6.92 Å². The largest absolute Gasteiger partial charge is 0.493 e. The van der Waals surface area contributed by atoms with Gasteiger partial charge in [-0.05, 0) is 19.1 Å². The summed E-state index contributed by atoms with van der Waals surface area (Å²) in [7, 11) is 0.855. The van der Waals surface area contributed by atoms with Crippen LogP contribution < -0.4 is 14.2 Å². The Bertz CT molecular complexity index is 515. The summed E-state index contributed by atoms with van der Waals surface area (Å²) in [5.41, 5.74) is 0. The van der Waals surface area contributed by atoms with Gasteiger partial charge < -0.3 is 14.2 Å². The van der Waals surface area contributed by atoms with Crippen LogP contribution >= 0.6 is 0 Å². The molecule has 1 aromatic rings. The normalized spacial score (nSPS) is 13.1. The van der Waals surface area contributed by atoms with Crippen molar-refractivity contribution in [2.24, 2.45) is 0 Å². The molecule has 0 aliphatic rings. The second kappa shape index (κ2) is 6.74. The Morgan fingerprint density at radius 2 is 1.79 bits per heavy atom. The molecular weight excluding hydrogens is 270 g/mol. The van der Waals surface area contributed by atoms with Crippen LogP contribution in [0.2, 0.25) is 0 Å². The fourth-order valence-electron chi connectivity index (χ4n) is 1.60. The summed E-state index contributed by atoms with van der Waals surface area (Å²) < 4.78 is 41.8. The first kappa shape index (κ1) is 15.7. The summed E-state index contributed by atoms with van der Waals surface area (Å²) in [4.78, 5) is 0.119. The number of sulfonamides is 1. The van der Waals surface area contributed by atoms with Gasteiger partial charge in [-0.3, -0.25) is 0 Å². The van der Waals surface area contributed by atoms with Gasteiger partial charge in [0.1, 0.15) is 0 Å². The highest BCUT2D eigenvalue weighted by Gasteiger charge is 2.19. The summed E-state index contributed by atoms with van der Waals surface area (Å²) in [6.45, 7) is 2.02. The summed E-state index contributed by atoms with van der Waals surface area (Å²) in [6.07, 6.45) is 0. The number of ether oxygens (including phenoxy) is 3. The molecule has 0 aromatic heterocycles. The van der Waals surface area contributed by atoms with Crippen molar-refractivity contribution in [3.05, 3.63) is 18.2 Å². The Morgan fingerprint density at radius 1 is 1.16 bits per heavy atom. The summed E-state index contributed by atoms with van der Waals surface area (Å²) in [5, 5.41) is 0. The van der Waals surface area contributed by atoms with Gasteiger partial charge in [-0.1, -0.05) is 0 Å². The third-order valence-corrected chi connectivity index (χ3v) is 4.03. The minimum Gasteiger partial charge on any atom is -0.493 e. The molecule has 0 aliphatic carbocycles. The average molecular weight is 289 g/mol. The lowest BCUT2D eigenvalue weighted by atomic mass is 10.3. The van der Waals surface area contributed by atoms with Crippen LogP contribution in [0.15, 0.2) is 23.1 Å². The fourth-order valence-corrected chi connectivity index (χ4v) is 2.84. The monoisotopic (exact) mass is 289 g/mol. The zero-order chi connectivity index (χ0) is 14.5. The molecule has 1 aromatic carbocycles.